The molecule has 0 radical (unpaired) electrons. The van der Waals surface area contributed by atoms with Crippen LogP contribution in [0.25, 0.3) is 0 Å². The van der Waals surface area contributed by atoms with E-state index in [1.54, 1.807) is 6.07 Å². The largest absolute Gasteiger partial charge is 0.378 e. The Morgan fingerprint density at radius 1 is 1.50 bits per heavy atom. The van der Waals surface area contributed by atoms with Crippen molar-refractivity contribution < 1.29 is 9.13 Å². The molecule has 1 fully saturated rings. The van der Waals surface area contributed by atoms with Crippen molar-refractivity contribution >= 4 is 0 Å². The lowest BCUT2D eigenvalue weighted by Crippen LogP contribution is -2.45. The highest BCUT2D eigenvalue weighted by Gasteiger charge is 2.17. The van der Waals surface area contributed by atoms with Gasteiger partial charge in [0.15, 0.2) is 0 Å². The van der Waals surface area contributed by atoms with Crippen LogP contribution in [-0.2, 0) is 11.3 Å². The van der Waals surface area contributed by atoms with Gasteiger partial charge in [-0.05, 0) is 30.2 Å². The molecule has 1 aliphatic rings. The van der Waals surface area contributed by atoms with Crippen molar-refractivity contribution in [1.29, 1.82) is 0 Å². The van der Waals surface area contributed by atoms with Crippen molar-refractivity contribution in [2.45, 2.75) is 19.5 Å². The maximum atomic E-state index is 12.9. The normalized spacial score (nSPS) is 16.7. The van der Waals surface area contributed by atoms with Gasteiger partial charge in [-0.3, -0.25) is 0 Å². The minimum absolute atomic E-state index is 0.169. The molecule has 76 valence electrons. The second-order valence-electron chi connectivity index (χ2n) is 3.69. The van der Waals surface area contributed by atoms with Crippen molar-refractivity contribution in [2.75, 3.05) is 13.2 Å². The van der Waals surface area contributed by atoms with Gasteiger partial charge in [0, 0.05) is 6.54 Å². The summed E-state index contributed by atoms with van der Waals surface area (Å²) >= 11 is 0. The molecule has 0 atom stereocenters. The van der Waals surface area contributed by atoms with Gasteiger partial charge >= 0.3 is 0 Å². The lowest BCUT2D eigenvalue weighted by molar-refractivity contribution is -0.00581. The zero-order valence-corrected chi connectivity index (χ0v) is 8.22. The second-order valence-corrected chi connectivity index (χ2v) is 3.69. The van der Waals surface area contributed by atoms with Crippen molar-refractivity contribution in [3.8, 4) is 0 Å². The molecule has 1 aliphatic heterocycles. The van der Waals surface area contributed by atoms with Gasteiger partial charge in [-0.1, -0.05) is 6.07 Å². The smallest absolute Gasteiger partial charge is 0.123 e. The van der Waals surface area contributed by atoms with Gasteiger partial charge in [0.05, 0.1) is 19.3 Å². The van der Waals surface area contributed by atoms with Crippen LogP contribution in [0.2, 0.25) is 0 Å². The minimum Gasteiger partial charge on any atom is -0.378 e. The molecule has 0 unspecified atom stereocenters. The third kappa shape index (κ3) is 2.11. The molecule has 1 aromatic carbocycles. The fraction of sp³-hybridized carbons (Fsp3) is 0.455. The Labute approximate surface area is 83.1 Å². The maximum Gasteiger partial charge on any atom is 0.123 e. The first-order valence-corrected chi connectivity index (χ1v) is 4.82. The zero-order valence-electron chi connectivity index (χ0n) is 8.22. The molecule has 14 heavy (non-hydrogen) atoms. The van der Waals surface area contributed by atoms with Crippen LogP contribution in [0.3, 0.4) is 0 Å². The van der Waals surface area contributed by atoms with Crippen LogP contribution in [0.5, 0.6) is 0 Å². The quantitative estimate of drug-likeness (QED) is 0.791. The predicted octanol–water partition coefficient (Wildman–Crippen LogP) is 1.62. The van der Waals surface area contributed by atoms with Crippen molar-refractivity contribution in [1.82, 2.24) is 5.32 Å². The Hall–Kier alpha value is -0.930. The molecular weight excluding hydrogens is 181 g/mol. The molecule has 0 aromatic heterocycles. The van der Waals surface area contributed by atoms with Crippen molar-refractivity contribution in [3.63, 3.8) is 0 Å². The summed E-state index contributed by atoms with van der Waals surface area (Å²) < 4.78 is 18.0. The van der Waals surface area contributed by atoms with Crippen molar-refractivity contribution in [2.24, 2.45) is 0 Å². The van der Waals surface area contributed by atoms with Crippen LogP contribution in [0.4, 0.5) is 4.39 Å². The van der Waals surface area contributed by atoms with Crippen LogP contribution >= 0.6 is 0 Å². The molecule has 0 amide bonds. The van der Waals surface area contributed by atoms with E-state index in [0.717, 1.165) is 30.9 Å². The average molecular weight is 195 g/mol. The maximum absolute atomic E-state index is 12.9. The molecule has 3 heteroatoms. The number of hydrogen-bond donors (Lipinski definition) is 1. The Morgan fingerprint density at radius 2 is 2.29 bits per heavy atom. The molecule has 1 heterocycles. The third-order valence-electron chi connectivity index (χ3n) is 2.53. The van der Waals surface area contributed by atoms with E-state index in [2.05, 4.69) is 5.32 Å². The van der Waals surface area contributed by atoms with Crippen LogP contribution in [0.1, 0.15) is 11.1 Å². The first kappa shape index (κ1) is 9.62. The number of hydrogen-bond acceptors (Lipinski definition) is 2. The summed E-state index contributed by atoms with van der Waals surface area (Å²) in [5.41, 5.74) is 2.15. The van der Waals surface area contributed by atoms with E-state index in [4.69, 9.17) is 4.74 Å². The molecule has 0 bridgehead atoms. The van der Waals surface area contributed by atoms with E-state index in [1.807, 2.05) is 13.0 Å². The average Bonchev–Trinajstić information content (AvgIpc) is 2.08. The van der Waals surface area contributed by atoms with Gasteiger partial charge in [0.25, 0.3) is 0 Å². The first-order chi connectivity index (χ1) is 6.75. The molecule has 1 aromatic rings. The standard InChI is InChI=1S/C11H14FNO/c1-8-2-3-10(12)4-9(8)5-13-11-6-14-7-11/h2-4,11,13H,5-7H2,1H3. The van der Waals surface area contributed by atoms with Crippen LogP contribution in [0.15, 0.2) is 18.2 Å². The number of ether oxygens (including phenoxy) is 1. The van der Waals surface area contributed by atoms with Gasteiger partial charge < -0.3 is 10.1 Å². The zero-order chi connectivity index (χ0) is 9.97. The van der Waals surface area contributed by atoms with E-state index >= 15 is 0 Å². The molecule has 2 rings (SSSR count). The fourth-order valence-corrected chi connectivity index (χ4v) is 1.44. The van der Waals surface area contributed by atoms with E-state index in [0.29, 0.717) is 6.04 Å². The second kappa shape index (κ2) is 4.07. The highest BCUT2D eigenvalue weighted by atomic mass is 19.1. The van der Waals surface area contributed by atoms with Crippen LogP contribution in [-0.4, -0.2) is 19.3 Å². The number of benzene rings is 1. The monoisotopic (exact) mass is 195 g/mol. The summed E-state index contributed by atoms with van der Waals surface area (Å²) in [6.07, 6.45) is 0. The highest BCUT2D eigenvalue weighted by Crippen LogP contribution is 2.11. The Balaban J connectivity index is 1.96. The van der Waals surface area contributed by atoms with Gasteiger partial charge in [-0.15, -0.1) is 0 Å². The summed E-state index contributed by atoms with van der Waals surface area (Å²) in [6.45, 7) is 4.26. The van der Waals surface area contributed by atoms with E-state index in [-0.39, 0.29) is 5.82 Å². The molecule has 0 aliphatic carbocycles. The Bertz CT molecular complexity index is 323. The number of nitrogens with one attached hydrogen (secondary N) is 1. The fourth-order valence-electron chi connectivity index (χ4n) is 1.44. The van der Waals surface area contributed by atoms with E-state index < -0.39 is 0 Å². The Morgan fingerprint density at radius 3 is 2.93 bits per heavy atom. The SMILES string of the molecule is Cc1ccc(F)cc1CNC1COC1. The summed E-state index contributed by atoms with van der Waals surface area (Å²) in [4.78, 5) is 0. The summed E-state index contributed by atoms with van der Waals surface area (Å²) in [7, 11) is 0. The van der Waals surface area contributed by atoms with E-state index in [9.17, 15) is 4.39 Å². The highest BCUT2D eigenvalue weighted by molar-refractivity contribution is 5.26. The van der Waals surface area contributed by atoms with Gasteiger partial charge in [0.1, 0.15) is 5.82 Å². The van der Waals surface area contributed by atoms with E-state index in [1.165, 1.54) is 6.07 Å². The summed E-state index contributed by atoms with van der Waals surface area (Å²) in [6, 6.07) is 5.33. The molecule has 1 saturated heterocycles. The minimum atomic E-state index is -0.169. The summed E-state index contributed by atoms with van der Waals surface area (Å²) in [5.74, 6) is -0.169. The van der Waals surface area contributed by atoms with Gasteiger partial charge in [-0.2, -0.15) is 0 Å². The van der Waals surface area contributed by atoms with Gasteiger partial charge in [0.2, 0.25) is 0 Å². The topological polar surface area (TPSA) is 21.3 Å². The number of rotatable bonds is 3. The lowest BCUT2D eigenvalue weighted by atomic mass is 10.1. The van der Waals surface area contributed by atoms with Crippen molar-refractivity contribution in [3.05, 3.63) is 35.1 Å². The number of aryl methyl sites for hydroxylation is 1. The van der Waals surface area contributed by atoms with Crippen LogP contribution < -0.4 is 5.32 Å². The summed E-state index contributed by atoms with van der Waals surface area (Å²) in [5, 5.41) is 3.31. The lowest BCUT2D eigenvalue weighted by Gasteiger charge is -2.27. The molecule has 2 nitrogen and oxygen atoms in total. The third-order valence-corrected chi connectivity index (χ3v) is 2.53. The Kier molecular flexibility index (Phi) is 2.79. The molecule has 0 spiro atoms. The predicted molar refractivity (Wildman–Crippen MR) is 52.6 cm³/mol. The molecular formula is C11H14FNO. The molecule has 1 N–H and O–H groups in total. The number of halogens is 1. The van der Waals surface area contributed by atoms with Crippen LogP contribution in [0, 0.1) is 12.7 Å². The molecule has 0 saturated carbocycles. The van der Waals surface area contributed by atoms with Gasteiger partial charge in [-0.25, -0.2) is 4.39 Å². The first-order valence-electron chi connectivity index (χ1n) is 4.82.